The van der Waals surface area contributed by atoms with E-state index in [0.717, 1.165) is 34.5 Å². The zero-order valence-electron chi connectivity index (χ0n) is 12.3. The molecular weight excluding hydrogens is 322 g/mol. The lowest BCUT2D eigenvalue weighted by atomic mass is 10.1. The maximum Gasteiger partial charge on any atom is 0.175 e. The third kappa shape index (κ3) is 4.11. The molecule has 4 nitrogen and oxygen atoms in total. The van der Waals surface area contributed by atoms with Gasteiger partial charge < -0.3 is 19.5 Å². The molecule has 0 amide bonds. The Labute approximate surface area is 128 Å². The van der Waals surface area contributed by atoms with Crippen molar-refractivity contribution in [3.63, 3.8) is 0 Å². The predicted octanol–water partition coefficient (Wildman–Crippen LogP) is 3.13. The van der Waals surface area contributed by atoms with Crippen LogP contribution in [0.3, 0.4) is 0 Å². The summed E-state index contributed by atoms with van der Waals surface area (Å²) in [4.78, 5) is 0. The third-order valence-electron chi connectivity index (χ3n) is 3.14. The SMILES string of the molecule is COCC(C)(C)NCc1cc(Br)c2c(c1)OCCCO2. The molecule has 1 heterocycles. The second kappa shape index (κ2) is 6.78. The quantitative estimate of drug-likeness (QED) is 0.891. The fourth-order valence-corrected chi connectivity index (χ4v) is 2.74. The zero-order valence-corrected chi connectivity index (χ0v) is 13.9. The summed E-state index contributed by atoms with van der Waals surface area (Å²) in [7, 11) is 1.72. The highest BCUT2D eigenvalue weighted by Gasteiger charge is 2.19. The van der Waals surface area contributed by atoms with Crippen molar-refractivity contribution >= 4 is 15.9 Å². The summed E-state index contributed by atoms with van der Waals surface area (Å²) in [6, 6.07) is 4.12. The molecular formula is C15H22BrNO3. The van der Waals surface area contributed by atoms with Crippen LogP contribution in [0.5, 0.6) is 11.5 Å². The molecule has 0 bridgehead atoms. The Morgan fingerprint density at radius 1 is 1.30 bits per heavy atom. The first-order chi connectivity index (χ1) is 9.52. The van der Waals surface area contributed by atoms with Crippen molar-refractivity contribution in [3.8, 4) is 11.5 Å². The molecule has 2 rings (SSSR count). The van der Waals surface area contributed by atoms with Gasteiger partial charge in [0, 0.05) is 25.6 Å². The Morgan fingerprint density at radius 3 is 2.80 bits per heavy atom. The number of methoxy groups -OCH3 is 1. The van der Waals surface area contributed by atoms with Gasteiger partial charge in [0.1, 0.15) is 0 Å². The van der Waals surface area contributed by atoms with Gasteiger partial charge in [0.05, 0.1) is 24.3 Å². The van der Waals surface area contributed by atoms with Gasteiger partial charge in [-0.15, -0.1) is 0 Å². The summed E-state index contributed by atoms with van der Waals surface area (Å²) in [6.45, 7) is 7.06. The first-order valence-electron chi connectivity index (χ1n) is 6.84. The molecule has 0 fully saturated rings. The molecule has 1 aromatic carbocycles. The molecule has 5 heteroatoms. The number of halogens is 1. The van der Waals surface area contributed by atoms with Crippen LogP contribution in [0.15, 0.2) is 16.6 Å². The van der Waals surface area contributed by atoms with Crippen LogP contribution in [-0.2, 0) is 11.3 Å². The second-order valence-corrected chi connectivity index (χ2v) is 6.48. The molecule has 1 aliphatic heterocycles. The van der Waals surface area contributed by atoms with Crippen molar-refractivity contribution in [3.05, 3.63) is 22.2 Å². The van der Waals surface area contributed by atoms with Crippen LogP contribution in [0, 0.1) is 0 Å². The number of hydrogen-bond donors (Lipinski definition) is 1. The Hall–Kier alpha value is -0.780. The van der Waals surface area contributed by atoms with Crippen molar-refractivity contribution in [1.29, 1.82) is 0 Å². The van der Waals surface area contributed by atoms with Gasteiger partial charge in [-0.1, -0.05) is 0 Å². The van der Waals surface area contributed by atoms with Gasteiger partial charge in [-0.05, 0) is 47.5 Å². The smallest absolute Gasteiger partial charge is 0.175 e. The summed E-state index contributed by atoms with van der Waals surface area (Å²) in [5, 5.41) is 3.48. The standard InChI is InChI=1S/C15H22BrNO3/c1-15(2,10-18-3)17-9-11-7-12(16)14-13(8-11)19-5-4-6-20-14/h7-8,17H,4-6,9-10H2,1-3H3. The number of benzene rings is 1. The van der Waals surface area contributed by atoms with Gasteiger partial charge in [-0.25, -0.2) is 0 Å². The monoisotopic (exact) mass is 343 g/mol. The average Bonchev–Trinajstić information content (AvgIpc) is 2.62. The molecule has 0 radical (unpaired) electrons. The molecule has 0 spiro atoms. The van der Waals surface area contributed by atoms with Crippen LogP contribution in [0.4, 0.5) is 0 Å². The first kappa shape index (κ1) is 15.6. The molecule has 0 atom stereocenters. The normalized spacial score (nSPS) is 15.0. The lowest BCUT2D eigenvalue weighted by molar-refractivity contribution is 0.127. The maximum absolute atomic E-state index is 5.74. The third-order valence-corrected chi connectivity index (χ3v) is 3.73. The maximum atomic E-state index is 5.74. The van der Waals surface area contributed by atoms with E-state index in [0.29, 0.717) is 19.8 Å². The van der Waals surface area contributed by atoms with E-state index < -0.39 is 0 Å². The van der Waals surface area contributed by atoms with Gasteiger partial charge in [-0.3, -0.25) is 0 Å². The molecule has 0 saturated carbocycles. The molecule has 0 aromatic heterocycles. The lowest BCUT2D eigenvalue weighted by Gasteiger charge is -2.25. The minimum Gasteiger partial charge on any atom is -0.490 e. The van der Waals surface area contributed by atoms with E-state index in [1.165, 1.54) is 0 Å². The topological polar surface area (TPSA) is 39.7 Å². The minimum atomic E-state index is -0.0641. The lowest BCUT2D eigenvalue weighted by Crippen LogP contribution is -2.42. The Bertz CT molecular complexity index is 463. The van der Waals surface area contributed by atoms with E-state index in [4.69, 9.17) is 14.2 Å². The molecule has 20 heavy (non-hydrogen) atoms. The largest absolute Gasteiger partial charge is 0.490 e. The van der Waals surface area contributed by atoms with E-state index >= 15 is 0 Å². The molecule has 1 aliphatic rings. The molecule has 0 unspecified atom stereocenters. The highest BCUT2D eigenvalue weighted by atomic mass is 79.9. The number of ether oxygens (including phenoxy) is 3. The van der Waals surface area contributed by atoms with Gasteiger partial charge >= 0.3 is 0 Å². The van der Waals surface area contributed by atoms with Crippen molar-refractivity contribution in [1.82, 2.24) is 5.32 Å². The fraction of sp³-hybridized carbons (Fsp3) is 0.600. The van der Waals surface area contributed by atoms with Crippen molar-refractivity contribution < 1.29 is 14.2 Å². The van der Waals surface area contributed by atoms with E-state index in [-0.39, 0.29) is 5.54 Å². The van der Waals surface area contributed by atoms with Crippen LogP contribution < -0.4 is 14.8 Å². The van der Waals surface area contributed by atoms with Gasteiger partial charge in [0.15, 0.2) is 11.5 Å². The summed E-state index contributed by atoms with van der Waals surface area (Å²) < 4.78 is 17.6. The summed E-state index contributed by atoms with van der Waals surface area (Å²) >= 11 is 3.56. The fourth-order valence-electron chi connectivity index (χ4n) is 2.14. The van der Waals surface area contributed by atoms with Crippen LogP contribution in [0.2, 0.25) is 0 Å². The first-order valence-corrected chi connectivity index (χ1v) is 7.63. The van der Waals surface area contributed by atoms with Crippen molar-refractivity contribution in [2.75, 3.05) is 26.9 Å². The molecule has 1 N–H and O–H groups in total. The molecule has 0 saturated heterocycles. The van der Waals surface area contributed by atoms with E-state index in [2.05, 4.69) is 41.2 Å². The number of fused-ring (bicyclic) bond motifs is 1. The Kier molecular flexibility index (Phi) is 5.29. The summed E-state index contributed by atoms with van der Waals surface area (Å²) in [5.41, 5.74) is 1.09. The summed E-state index contributed by atoms with van der Waals surface area (Å²) in [6.07, 6.45) is 0.912. The van der Waals surface area contributed by atoms with Crippen molar-refractivity contribution in [2.24, 2.45) is 0 Å². The minimum absolute atomic E-state index is 0.0641. The van der Waals surface area contributed by atoms with Crippen LogP contribution >= 0.6 is 15.9 Å². The zero-order chi connectivity index (χ0) is 14.6. The van der Waals surface area contributed by atoms with Gasteiger partial charge in [-0.2, -0.15) is 0 Å². The molecule has 1 aromatic rings. The molecule has 112 valence electrons. The second-order valence-electron chi connectivity index (χ2n) is 5.63. The average molecular weight is 344 g/mol. The van der Waals surface area contributed by atoms with Gasteiger partial charge in [0.2, 0.25) is 0 Å². The van der Waals surface area contributed by atoms with Crippen LogP contribution in [0.25, 0.3) is 0 Å². The summed E-state index contributed by atoms with van der Waals surface area (Å²) in [5.74, 6) is 1.63. The number of nitrogens with one attached hydrogen (secondary N) is 1. The predicted molar refractivity (Wildman–Crippen MR) is 82.5 cm³/mol. The van der Waals surface area contributed by atoms with Crippen LogP contribution in [0.1, 0.15) is 25.8 Å². The number of hydrogen-bond acceptors (Lipinski definition) is 4. The van der Waals surface area contributed by atoms with E-state index in [9.17, 15) is 0 Å². The molecule has 0 aliphatic carbocycles. The van der Waals surface area contributed by atoms with Crippen molar-refractivity contribution in [2.45, 2.75) is 32.4 Å². The Morgan fingerprint density at radius 2 is 2.05 bits per heavy atom. The van der Waals surface area contributed by atoms with E-state index in [1.54, 1.807) is 7.11 Å². The Balaban J connectivity index is 2.10. The highest BCUT2D eigenvalue weighted by Crippen LogP contribution is 2.38. The number of rotatable bonds is 5. The van der Waals surface area contributed by atoms with Crippen LogP contribution in [-0.4, -0.2) is 32.5 Å². The van der Waals surface area contributed by atoms with E-state index in [1.807, 2.05) is 6.07 Å². The highest BCUT2D eigenvalue weighted by molar-refractivity contribution is 9.10. The van der Waals surface area contributed by atoms with Gasteiger partial charge in [0.25, 0.3) is 0 Å².